The summed E-state index contributed by atoms with van der Waals surface area (Å²) < 4.78 is 54.8. The SMILES string of the molecule is CC(C)OC1CCN(c2ncc(Cl)cc2NS(=O)(=O)c2ccc3cc(C(=O)NO)oc3c2F)CC1. The second-order valence-corrected chi connectivity index (χ2v) is 10.4. The van der Waals surface area contributed by atoms with E-state index in [4.69, 9.17) is 26.0 Å². The van der Waals surface area contributed by atoms with Gasteiger partial charge in [0.15, 0.2) is 23.0 Å². The maximum atomic E-state index is 15.2. The Labute approximate surface area is 206 Å². The fraction of sp³-hybridized carbons (Fsp3) is 0.364. The third-order valence-electron chi connectivity index (χ3n) is 5.49. The van der Waals surface area contributed by atoms with E-state index in [0.717, 1.165) is 18.9 Å². The summed E-state index contributed by atoms with van der Waals surface area (Å²) in [6.45, 7) is 5.12. The van der Waals surface area contributed by atoms with Crippen molar-refractivity contribution < 1.29 is 32.0 Å². The Morgan fingerprint density at radius 2 is 2.03 bits per heavy atom. The first-order valence-corrected chi connectivity index (χ1v) is 12.7. The lowest BCUT2D eigenvalue weighted by molar-refractivity contribution is -0.00483. The van der Waals surface area contributed by atoms with Crippen molar-refractivity contribution in [1.29, 1.82) is 0 Å². The Morgan fingerprint density at radius 1 is 1.31 bits per heavy atom. The van der Waals surface area contributed by atoms with Gasteiger partial charge in [-0.15, -0.1) is 0 Å². The molecule has 0 atom stereocenters. The van der Waals surface area contributed by atoms with Crippen LogP contribution in [-0.2, 0) is 14.8 Å². The zero-order chi connectivity index (χ0) is 25.3. The Hall–Kier alpha value is -2.93. The van der Waals surface area contributed by atoms with Crippen LogP contribution >= 0.6 is 11.6 Å². The van der Waals surface area contributed by atoms with E-state index < -0.39 is 32.2 Å². The number of hydrogen-bond donors (Lipinski definition) is 3. The molecule has 2 aromatic heterocycles. The number of rotatable bonds is 7. The van der Waals surface area contributed by atoms with Crippen LogP contribution < -0.4 is 15.1 Å². The van der Waals surface area contributed by atoms with Gasteiger partial charge in [-0.2, -0.15) is 0 Å². The molecule has 0 radical (unpaired) electrons. The van der Waals surface area contributed by atoms with Crippen LogP contribution in [0.2, 0.25) is 5.02 Å². The van der Waals surface area contributed by atoms with E-state index in [-0.39, 0.29) is 34.1 Å². The van der Waals surface area contributed by atoms with Crippen LogP contribution in [0.5, 0.6) is 0 Å². The Morgan fingerprint density at radius 3 is 2.69 bits per heavy atom. The topological polar surface area (TPSA) is 134 Å². The summed E-state index contributed by atoms with van der Waals surface area (Å²) in [6.07, 6.45) is 3.10. The highest BCUT2D eigenvalue weighted by Gasteiger charge is 2.28. The van der Waals surface area contributed by atoms with Gasteiger partial charge in [0.1, 0.15) is 4.90 Å². The van der Waals surface area contributed by atoms with Gasteiger partial charge in [0, 0.05) is 24.7 Å². The van der Waals surface area contributed by atoms with Crippen LogP contribution in [0.4, 0.5) is 15.9 Å². The molecule has 1 aliphatic rings. The number of fused-ring (bicyclic) bond motifs is 1. The number of halogens is 2. The molecule has 0 saturated carbocycles. The summed E-state index contributed by atoms with van der Waals surface area (Å²) in [6, 6.07) is 4.94. The number of pyridine rings is 1. The van der Waals surface area contributed by atoms with Crippen molar-refractivity contribution in [2.75, 3.05) is 22.7 Å². The Bertz CT molecular complexity index is 1360. The number of anilines is 2. The van der Waals surface area contributed by atoms with Crippen molar-refractivity contribution in [1.82, 2.24) is 10.5 Å². The van der Waals surface area contributed by atoms with Gasteiger partial charge >= 0.3 is 5.91 Å². The molecule has 0 unspecified atom stereocenters. The number of nitrogens with one attached hydrogen (secondary N) is 2. The zero-order valence-electron chi connectivity index (χ0n) is 18.9. The number of furan rings is 1. The number of ether oxygens (including phenoxy) is 1. The van der Waals surface area contributed by atoms with Crippen molar-refractivity contribution in [3.05, 3.63) is 47.1 Å². The number of hydroxylamine groups is 1. The summed E-state index contributed by atoms with van der Waals surface area (Å²) in [4.78, 5) is 17.1. The molecular formula is C22H24ClFN4O6S. The minimum absolute atomic E-state index is 0.0972. The molecule has 1 amide bonds. The zero-order valence-corrected chi connectivity index (χ0v) is 20.5. The standard InChI is InChI=1S/C22H24ClFN4O6S/c1-12(2)33-15-5-7-28(8-6-15)21-16(10-14(23)11-25-21)27-35(31,32)18-4-3-13-9-17(22(29)26-30)34-20(13)19(18)24/h3-4,9-12,15,27,30H,5-8H2,1-2H3,(H,26,29). The lowest BCUT2D eigenvalue weighted by Gasteiger charge is -2.34. The maximum absolute atomic E-state index is 15.2. The number of amides is 1. The number of piperidine rings is 1. The molecule has 0 aliphatic carbocycles. The fourth-order valence-corrected chi connectivity index (χ4v) is 5.26. The van der Waals surface area contributed by atoms with Crippen LogP contribution in [0, 0.1) is 5.82 Å². The van der Waals surface area contributed by atoms with Gasteiger partial charge in [0.05, 0.1) is 22.9 Å². The quantitative estimate of drug-likeness (QED) is 0.311. The number of benzene rings is 1. The number of sulfonamides is 1. The molecule has 188 valence electrons. The van der Waals surface area contributed by atoms with Crippen LogP contribution in [-0.4, -0.2) is 49.8 Å². The van der Waals surface area contributed by atoms with E-state index in [2.05, 4.69) is 9.71 Å². The highest BCUT2D eigenvalue weighted by Crippen LogP contribution is 2.33. The molecule has 3 heterocycles. The Balaban J connectivity index is 1.63. The second-order valence-electron chi connectivity index (χ2n) is 8.35. The van der Waals surface area contributed by atoms with Crippen LogP contribution in [0.15, 0.2) is 39.8 Å². The molecule has 3 aromatic rings. The molecular weight excluding hydrogens is 503 g/mol. The first-order valence-electron chi connectivity index (χ1n) is 10.8. The van der Waals surface area contributed by atoms with Gasteiger partial charge in [0.25, 0.3) is 10.0 Å². The third kappa shape index (κ3) is 5.35. The van der Waals surface area contributed by atoms with Gasteiger partial charge in [-0.25, -0.2) is 23.3 Å². The number of carbonyl (C=O) groups excluding carboxylic acids is 1. The van der Waals surface area contributed by atoms with Gasteiger partial charge in [-0.3, -0.25) is 14.7 Å². The predicted molar refractivity (Wildman–Crippen MR) is 127 cm³/mol. The molecule has 0 spiro atoms. The second kappa shape index (κ2) is 9.97. The van der Waals surface area contributed by atoms with Crippen LogP contribution in [0.25, 0.3) is 11.0 Å². The summed E-state index contributed by atoms with van der Waals surface area (Å²) in [7, 11) is -4.44. The highest BCUT2D eigenvalue weighted by molar-refractivity contribution is 7.92. The van der Waals surface area contributed by atoms with Crippen LogP contribution in [0.3, 0.4) is 0 Å². The summed E-state index contributed by atoms with van der Waals surface area (Å²) in [5.41, 5.74) is 1.03. The number of aromatic nitrogens is 1. The number of carbonyl (C=O) groups is 1. The molecule has 1 aliphatic heterocycles. The maximum Gasteiger partial charge on any atom is 0.310 e. The average molecular weight is 527 g/mol. The molecule has 3 N–H and O–H groups in total. The molecule has 13 heteroatoms. The predicted octanol–water partition coefficient (Wildman–Crippen LogP) is 3.93. The minimum Gasteiger partial charge on any atom is -0.448 e. The van der Waals surface area contributed by atoms with E-state index in [1.807, 2.05) is 18.7 Å². The summed E-state index contributed by atoms with van der Waals surface area (Å²) in [5.74, 6) is -2.20. The van der Waals surface area contributed by atoms with Gasteiger partial charge in [-0.05, 0) is 51.0 Å². The first-order chi connectivity index (χ1) is 16.6. The van der Waals surface area contributed by atoms with Crippen molar-refractivity contribution >= 4 is 50.0 Å². The van der Waals surface area contributed by atoms with E-state index in [9.17, 15) is 13.2 Å². The minimum atomic E-state index is -4.44. The molecule has 35 heavy (non-hydrogen) atoms. The van der Waals surface area contributed by atoms with Gasteiger partial charge in [0.2, 0.25) is 0 Å². The molecule has 1 aromatic carbocycles. The molecule has 0 bridgehead atoms. The van der Waals surface area contributed by atoms with E-state index in [1.165, 1.54) is 29.9 Å². The smallest absolute Gasteiger partial charge is 0.310 e. The molecule has 10 nitrogen and oxygen atoms in total. The van der Waals surface area contributed by atoms with Gasteiger partial charge in [-0.1, -0.05) is 11.6 Å². The van der Waals surface area contributed by atoms with Crippen molar-refractivity contribution in [3.63, 3.8) is 0 Å². The summed E-state index contributed by atoms with van der Waals surface area (Å²) >= 11 is 6.08. The number of hydrogen-bond acceptors (Lipinski definition) is 8. The Kier molecular flexibility index (Phi) is 7.17. The van der Waals surface area contributed by atoms with Crippen molar-refractivity contribution in [2.24, 2.45) is 0 Å². The highest BCUT2D eigenvalue weighted by atomic mass is 35.5. The van der Waals surface area contributed by atoms with E-state index in [1.54, 1.807) is 0 Å². The normalized spacial score (nSPS) is 15.1. The largest absolute Gasteiger partial charge is 0.448 e. The van der Waals surface area contributed by atoms with Crippen molar-refractivity contribution in [2.45, 2.75) is 43.8 Å². The monoisotopic (exact) mass is 526 g/mol. The fourth-order valence-electron chi connectivity index (χ4n) is 3.97. The third-order valence-corrected chi connectivity index (χ3v) is 7.08. The first kappa shape index (κ1) is 25.2. The molecule has 1 saturated heterocycles. The van der Waals surface area contributed by atoms with E-state index in [0.29, 0.717) is 18.9 Å². The average Bonchev–Trinajstić information content (AvgIpc) is 3.24. The van der Waals surface area contributed by atoms with Crippen LogP contribution in [0.1, 0.15) is 37.2 Å². The number of nitrogens with zero attached hydrogens (tertiary/aromatic N) is 2. The molecule has 1 fully saturated rings. The summed E-state index contributed by atoms with van der Waals surface area (Å²) in [5, 5.41) is 9.10. The van der Waals surface area contributed by atoms with Gasteiger partial charge < -0.3 is 14.1 Å². The lowest BCUT2D eigenvalue weighted by Crippen LogP contribution is -2.38. The van der Waals surface area contributed by atoms with E-state index >= 15 is 4.39 Å². The molecule has 4 rings (SSSR count). The van der Waals surface area contributed by atoms with Crippen molar-refractivity contribution in [3.8, 4) is 0 Å². The lowest BCUT2D eigenvalue weighted by atomic mass is 10.1.